The minimum absolute atomic E-state index is 0.283. The van der Waals surface area contributed by atoms with Crippen molar-refractivity contribution in [1.29, 1.82) is 0 Å². The standard InChI is InChI=1S/C17H12N6O/c24-17-15-11-21-23(14-7-2-1-3-8-14)16(15)19-12-22(17)20-10-13-6-4-5-9-18-13/h1-12H/b20-10-. The lowest BCUT2D eigenvalue weighted by molar-refractivity contribution is 0.809. The Bertz CT molecular complexity index is 1070. The van der Waals surface area contributed by atoms with Crippen molar-refractivity contribution in [1.82, 2.24) is 24.4 Å². The van der Waals surface area contributed by atoms with E-state index in [1.165, 1.54) is 23.4 Å². The first-order valence-electron chi connectivity index (χ1n) is 7.29. The molecule has 0 bridgehead atoms. The van der Waals surface area contributed by atoms with Crippen molar-refractivity contribution in [3.8, 4) is 5.69 Å². The van der Waals surface area contributed by atoms with Crippen LogP contribution in [0, 0.1) is 0 Å². The fourth-order valence-electron chi connectivity index (χ4n) is 2.32. The van der Waals surface area contributed by atoms with Gasteiger partial charge < -0.3 is 0 Å². The molecule has 116 valence electrons. The third-order valence-corrected chi connectivity index (χ3v) is 3.47. The Labute approximate surface area is 136 Å². The maximum Gasteiger partial charge on any atom is 0.285 e. The number of fused-ring (bicyclic) bond motifs is 1. The lowest BCUT2D eigenvalue weighted by Crippen LogP contribution is -2.17. The van der Waals surface area contributed by atoms with Crippen LogP contribution in [0.1, 0.15) is 5.69 Å². The zero-order valence-electron chi connectivity index (χ0n) is 12.5. The zero-order valence-corrected chi connectivity index (χ0v) is 12.5. The first-order valence-corrected chi connectivity index (χ1v) is 7.29. The Kier molecular flexibility index (Phi) is 3.43. The molecular formula is C17H12N6O. The van der Waals surface area contributed by atoms with Gasteiger partial charge in [-0.05, 0) is 24.3 Å². The molecule has 0 N–H and O–H groups in total. The van der Waals surface area contributed by atoms with Gasteiger partial charge in [-0.1, -0.05) is 24.3 Å². The molecule has 0 unspecified atom stereocenters. The Balaban J connectivity index is 1.77. The molecule has 3 heterocycles. The molecular weight excluding hydrogens is 304 g/mol. The number of nitrogens with zero attached hydrogens (tertiary/aromatic N) is 6. The highest BCUT2D eigenvalue weighted by molar-refractivity contribution is 5.77. The summed E-state index contributed by atoms with van der Waals surface area (Å²) in [7, 11) is 0. The molecule has 0 atom stereocenters. The van der Waals surface area contributed by atoms with Gasteiger partial charge in [0.25, 0.3) is 5.56 Å². The predicted molar refractivity (Wildman–Crippen MR) is 90.4 cm³/mol. The van der Waals surface area contributed by atoms with Gasteiger partial charge in [0.1, 0.15) is 11.7 Å². The van der Waals surface area contributed by atoms with Gasteiger partial charge in [-0.2, -0.15) is 14.9 Å². The summed E-state index contributed by atoms with van der Waals surface area (Å²) in [5.41, 5.74) is 1.71. The molecule has 0 radical (unpaired) electrons. The lowest BCUT2D eigenvalue weighted by atomic mass is 10.3. The molecule has 1 aromatic carbocycles. The van der Waals surface area contributed by atoms with Crippen LogP contribution < -0.4 is 5.56 Å². The van der Waals surface area contributed by atoms with Crippen molar-refractivity contribution in [2.75, 3.05) is 0 Å². The highest BCUT2D eigenvalue weighted by Crippen LogP contribution is 2.12. The molecule has 4 aromatic rings. The van der Waals surface area contributed by atoms with Gasteiger partial charge in [0.2, 0.25) is 0 Å². The van der Waals surface area contributed by atoms with E-state index in [1.807, 2.05) is 42.5 Å². The van der Waals surface area contributed by atoms with E-state index in [-0.39, 0.29) is 5.56 Å². The molecule has 0 aliphatic heterocycles. The number of hydrogen-bond acceptors (Lipinski definition) is 5. The van der Waals surface area contributed by atoms with Crippen LogP contribution in [0.5, 0.6) is 0 Å². The van der Waals surface area contributed by atoms with Crippen molar-refractivity contribution in [3.05, 3.63) is 83.3 Å². The monoisotopic (exact) mass is 316 g/mol. The molecule has 0 aliphatic carbocycles. The number of benzene rings is 1. The summed E-state index contributed by atoms with van der Waals surface area (Å²) < 4.78 is 2.80. The van der Waals surface area contributed by atoms with E-state index in [0.29, 0.717) is 16.7 Å². The molecule has 0 spiro atoms. The van der Waals surface area contributed by atoms with Gasteiger partial charge in [0.15, 0.2) is 5.65 Å². The molecule has 0 amide bonds. The van der Waals surface area contributed by atoms with Crippen molar-refractivity contribution < 1.29 is 0 Å². The van der Waals surface area contributed by atoms with E-state index < -0.39 is 0 Å². The average molecular weight is 316 g/mol. The molecule has 0 saturated carbocycles. The zero-order chi connectivity index (χ0) is 16.4. The molecule has 7 nitrogen and oxygen atoms in total. The second kappa shape index (κ2) is 5.88. The highest BCUT2D eigenvalue weighted by atomic mass is 16.1. The molecule has 0 aliphatic rings. The Hall–Kier alpha value is -3.61. The second-order valence-electron chi connectivity index (χ2n) is 5.02. The van der Waals surface area contributed by atoms with E-state index in [0.717, 1.165) is 5.69 Å². The summed E-state index contributed by atoms with van der Waals surface area (Å²) in [6.45, 7) is 0. The van der Waals surface area contributed by atoms with Crippen molar-refractivity contribution in [2.45, 2.75) is 0 Å². The maximum atomic E-state index is 12.5. The van der Waals surface area contributed by atoms with Gasteiger partial charge in [-0.3, -0.25) is 9.78 Å². The summed E-state index contributed by atoms with van der Waals surface area (Å²) >= 11 is 0. The first-order chi connectivity index (χ1) is 11.8. The third-order valence-electron chi connectivity index (χ3n) is 3.47. The fourth-order valence-corrected chi connectivity index (χ4v) is 2.32. The van der Waals surface area contributed by atoms with Gasteiger partial charge in [0.05, 0.1) is 23.8 Å². The minimum atomic E-state index is -0.283. The molecule has 4 rings (SSSR count). The minimum Gasteiger partial charge on any atom is -0.266 e. The van der Waals surface area contributed by atoms with Crippen LogP contribution in [0.25, 0.3) is 16.7 Å². The largest absolute Gasteiger partial charge is 0.285 e. The first kappa shape index (κ1) is 14.0. The van der Waals surface area contributed by atoms with Crippen LogP contribution in [0.15, 0.2) is 77.1 Å². The maximum absolute atomic E-state index is 12.5. The van der Waals surface area contributed by atoms with Crippen molar-refractivity contribution in [3.63, 3.8) is 0 Å². The van der Waals surface area contributed by atoms with Crippen molar-refractivity contribution >= 4 is 17.2 Å². The number of pyridine rings is 1. The predicted octanol–water partition coefficient (Wildman–Crippen LogP) is 1.86. The molecule has 3 aromatic heterocycles. The summed E-state index contributed by atoms with van der Waals surface area (Å²) in [5, 5.41) is 8.79. The normalized spacial score (nSPS) is 11.3. The quantitative estimate of drug-likeness (QED) is 0.540. The van der Waals surface area contributed by atoms with Gasteiger partial charge >= 0.3 is 0 Å². The SMILES string of the molecule is O=c1c2cnn(-c3ccccc3)c2ncn1/N=C\c1ccccn1. The van der Waals surface area contributed by atoms with Gasteiger partial charge in [-0.25, -0.2) is 9.67 Å². The smallest absolute Gasteiger partial charge is 0.266 e. The van der Waals surface area contributed by atoms with Crippen LogP contribution in [-0.2, 0) is 0 Å². The summed E-state index contributed by atoms with van der Waals surface area (Å²) in [5.74, 6) is 0. The van der Waals surface area contributed by atoms with E-state index in [2.05, 4.69) is 20.2 Å². The number of hydrogen-bond donors (Lipinski definition) is 0. The average Bonchev–Trinajstić information content (AvgIpc) is 3.08. The Morgan fingerprint density at radius 2 is 1.83 bits per heavy atom. The lowest BCUT2D eigenvalue weighted by Gasteiger charge is -2.02. The van der Waals surface area contributed by atoms with Crippen LogP contribution >= 0.6 is 0 Å². The van der Waals surface area contributed by atoms with Crippen LogP contribution in [0.2, 0.25) is 0 Å². The summed E-state index contributed by atoms with van der Waals surface area (Å²) in [6.07, 6.45) is 6.06. The van der Waals surface area contributed by atoms with Gasteiger partial charge in [-0.15, -0.1) is 0 Å². The molecule has 0 saturated heterocycles. The number of aromatic nitrogens is 5. The van der Waals surface area contributed by atoms with Crippen molar-refractivity contribution in [2.24, 2.45) is 5.10 Å². The topological polar surface area (TPSA) is 78.0 Å². The highest BCUT2D eigenvalue weighted by Gasteiger charge is 2.10. The number of rotatable bonds is 3. The van der Waals surface area contributed by atoms with Crippen LogP contribution in [0.4, 0.5) is 0 Å². The number of para-hydroxylation sites is 1. The Morgan fingerprint density at radius 1 is 1.00 bits per heavy atom. The summed E-state index contributed by atoms with van der Waals surface area (Å²) in [6, 6.07) is 15.0. The third kappa shape index (κ3) is 2.48. The van der Waals surface area contributed by atoms with E-state index >= 15 is 0 Å². The van der Waals surface area contributed by atoms with Crippen LogP contribution in [0.3, 0.4) is 0 Å². The van der Waals surface area contributed by atoms with E-state index in [1.54, 1.807) is 16.9 Å². The van der Waals surface area contributed by atoms with E-state index in [4.69, 9.17) is 0 Å². The molecule has 24 heavy (non-hydrogen) atoms. The molecule has 7 heteroatoms. The fraction of sp³-hybridized carbons (Fsp3) is 0. The van der Waals surface area contributed by atoms with Gasteiger partial charge in [0, 0.05) is 6.20 Å². The molecule has 0 fully saturated rings. The second-order valence-corrected chi connectivity index (χ2v) is 5.02. The Morgan fingerprint density at radius 3 is 2.62 bits per heavy atom. The van der Waals surface area contributed by atoms with E-state index in [9.17, 15) is 4.79 Å². The van der Waals surface area contributed by atoms with Crippen LogP contribution in [-0.4, -0.2) is 30.6 Å². The summed E-state index contributed by atoms with van der Waals surface area (Å²) in [4.78, 5) is 21.0.